The lowest BCUT2D eigenvalue weighted by atomic mass is 9.85. The van der Waals surface area contributed by atoms with E-state index in [4.69, 9.17) is 14.7 Å². The zero-order valence-corrected chi connectivity index (χ0v) is 34.9. The number of hydrogen-bond acceptors (Lipinski definition) is 5. The van der Waals surface area contributed by atoms with Gasteiger partial charge in [-0.3, -0.25) is 4.90 Å². The van der Waals surface area contributed by atoms with Crippen LogP contribution in [0.1, 0.15) is 131 Å². The van der Waals surface area contributed by atoms with Crippen LogP contribution in [0, 0.1) is 11.8 Å². The molecule has 0 unspecified atom stereocenters. The number of rotatable bonds is 4. The Kier molecular flexibility index (Phi) is 9.21. The topological polar surface area (TPSA) is 98.9 Å². The summed E-state index contributed by atoms with van der Waals surface area (Å²) in [7, 11) is 0. The van der Waals surface area contributed by atoms with Crippen LogP contribution in [0.5, 0.6) is 0 Å². The molecule has 2 saturated carbocycles. The van der Waals surface area contributed by atoms with E-state index in [9.17, 15) is 4.79 Å². The quantitative estimate of drug-likeness (QED) is 0.165. The molecule has 14 rings (SSSR count). The highest BCUT2D eigenvalue weighted by atomic mass is 16.6. The number of likely N-dealkylation sites (tertiary alicyclic amines) is 1. The average Bonchev–Trinajstić information content (AvgIpc) is 4.03. The summed E-state index contributed by atoms with van der Waals surface area (Å²) in [6, 6.07) is 28.9. The van der Waals surface area contributed by atoms with Crippen molar-refractivity contribution in [3.05, 3.63) is 107 Å². The summed E-state index contributed by atoms with van der Waals surface area (Å²) in [6.07, 6.45) is 15.7. The molecule has 0 radical (unpaired) electrons. The minimum Gasteiger partial charge on any atom is -0.444 e. The number of hydrogen-bond donors (Lipinski definition) is 3. The fourth-order valence-electron chi connectivity index (χ4n) is 11.6. The van der Waals surface area contributed by atoms with Crippen LogP contribution >= 0.6 is 0 Å². The van der Waals surface area contributed by atoms with Crippen molar-refractivity contribution in [2.24, 2.45) is 11.8 Å². The smallest absolute Gasteiger partial charge is 0.411 e. The number of carbonyl (C=O) groups is 1. The molecule has 6 aromatic rings. The maximum absolute atomic E-state index is 13.7. The first-order valence-electron chi connectivity index (χ1n) is 22.7. The lowest BCUT2D eigenvalue weighted by molar-refractivity contribution is 0.00953. The molecule has 0 spiro atoms. The number of H-pyrrole nitrogens is 2. The van der Waals surface area contributed by atoms with Gasteiger partial charge >= 0.3 is 6.09 Å². The van der Waals surface area contributed by atoms with Gasteiger partial charge in [-0.2, -0.15) is 0 Å². The normalized spacial score (nSPS) is 25.6. The van der Waals surface area contributed by atoms with E-state index in [0.717, 1.165) is 91.0 Å². The molecule has 8 aliphatic rings. The number of aromatic amines is 2. The maximum Gasteiger partial charge on any atom is 0.411 e. The van der Waals surface area contributed by atoms with Crippen molar-refractivity contribution in [1.82, 2.24) is 30.2 Å². The van der Waals surface area contributed by atoms with E-state index in [1.807, 2.05) is 25.7 Å². The number of nitrogens with one attached hydrogen (secondary N) is 3. The van der Waals surface area contributed by atoms with Gasteiger partial charge in [0.15, 0.2) is 0 Å². The molecule has 4 fully saturated rings. The standard InChI is InChI=1S/C51H58N6O2/c1-51(2,3)59-50(58)57-46-11-7-5-9-37(46)29-47(57)49-54-42-23-21-35(27-44(42)56-49)39-25-31-13-17-32-16-12-30(14-18-33(39)19-15-31)24-38(32)34-20-22-41-43(26-34)55-48(53-41)45-28-36-8-4-6-10-40(36)52-45/h12,15-16,19-27,36-37,40,45-47,52H,4-11,13-14,17-18,28-29H2,1-3H3,(H,53,55)(H,54,56)/t36-,37-,40-,45-,46-,47-/m0/s1. The minimum atomic E-state index is -0.542. The van der Waals surface area contributed by atoms with Crippen molar-refractivity contribution >= 4 is 28.2 Å². The molecule has 3 N–H and O–H groups in total. The Hall–Kier alpha value is -4.95. The number of imidazole rings is 2. The van der Waals surface area contributed by atoms with Gasteiger partial charge in [0.2, 0.25) is 0 Å². The van der Waals surface area contributed by atoms with Crippen LogP contribution in [0.2, 0.25) is 0 Å². The van der Waals surface area contributed by atoms with E-state index in [-0.39, 0.29) is 18.2 Å². The summed E-state index contributed by atoms with van der Waals surface area (Å²) in [5.74, 6) is 3.26. The average molecular weight is 787 g/mol. The molecule has 304 valence electrons. The van der Waals surface area contributed by atoms with Crippen LogP contribution in [-0.2, 0) is 30.4 Å². The van der Waals surface area contributed by atoms with Gasteiger partial charge in [0, 0.05) is 12.1 Å². The van der Waals surface area contributed by atoms with E-state index in [0.29, 0.717) is 18.0 Å². The lowest BCUT2D eigenvalue weighted by Gasteiger charge is -2.34. The van der Waals surface area contributed by atoms with Crippen molar-refractivity contribution in [1.29, 1.82) is 0 Å². The second kappa shape index (κ2) is 14.6. The highest BCUT2D eigenvalue weighted by Gasteiger charge is 2.47. The molecular weight excluding hydrogens is 729 g/mol. The highest BCUT2D eigenvalue weighted by Crippen LogP contribution is 2.47. The van der Waals surface area contributed by atoms with Crippen molar-refractivity contribution in [3.63, 3.8) is 0 Å². The minimum absolute atomic E-state index is 0.105. The number of nitrogens with zero attached hydrogens (tertiary/aromatic N) is 3. The number of aromatic nitrogens is 4. The zero-order chi connectivity index (χ0) is 39.8. The number of carbonyl (C=O) groups excluding carboxylic acids is 1. The molecule has 2 saturated heterocycles. The molecule has 1 amide bonds. The predicted octanol–water partition coefficient (Wildman–Crippen LogP) is 11.5. The monoisotopic (exact) mass is 786 g/mol. The first-order chi connectivity index (χ1) is 28.7. The lowest BCUT2D eigenvalue weighted by Crippen LogP contribution is -2.43. The second-order valence-corrected chi connectivity index (χ2v) is 19.5. The number of fused-ring (bicyclic) bond motifs is 4. The van der Waals surface area contributed by atoms with E-state index >= 15 is 0 Å². The van der Waals surface area contributed by atoms with Crippen LogP contribution < -0.4 is 5.32 Å². The fourth-order valence-corrected chi connectivity index (χ4v) is 11.6. The summed E-state index contributed by atoms with van der Waals surface area (Å²) in [5, 5.41) is 3.92. The highest BCUT2D eigenvalue weighted by molar-refractivity contribution is 5.85. The molecule has 59 heavy (non-hydrogen) atoms. The maximum atomic E-state index is 13.7. The third-order valence-corrected chi connectivity index (χ3v) is 14.5. The Balaban J connectivity index is 0.858. The van der Waals surface area contributed by atoms with Crippen molar-refractivity contribution in [2.75, 3.05) is 0 Å². The summed E-state index contributed by atoms with van der Waals surface area (Å²) in [4.78, 5) is 33.4. The van der Waals surface area contributed by atoms with E-state index in [1.165, 1.54) is 83.0 Å². The zero-order valence-electron chi connectivity index (χ0n) is 34.9. The molecule has 8 heteroatoms. The number of ether oxygens (including phenoxy) is 1. The number of aryl methyl sites for hydroxylation is 4. The van der Waals surface area contributed by atoms with Crippen molar-refractivity contribution in [3.8, 4) is 22.3 Å². The van der Waals surface area contributed by atoms with Crippen molar-refractivity contribution in [2.45, 2.75) is 140 Å². The van der Waals surface area contributed by atoms with E-state index < -0.39 is 5.60 Å². The largest absolute Gasteiger partial charge is 0.444 e. The molecular formula is C51H58N6O2. The molecule has 2 aliphatic heterocycles. The number of amides is 1. The van der Waals surface area contributed by atoms with Gasteiger partial charge in [0.05, 0.1) is 34.2 Å². The Morgan fingerprint density at radius 2 is 1.25 bits per heavy atom. The Morgan fingerprint density at radius 1 is 0.661 bits per heavy atom. The number of benzene rings is 4. The SMILES string of the molecule is CC(C)(C)OC(=O)N1[C@H](c2nc3ccc(-c4cc5ccc4CCc4ccc(c(-c6ccc7nc([C@@H]8C[C@@H]9CCCC[C@@H]9N8)[nH]c7c6)c4)CC5)cc3[nH]2)C[C@@H]2CCCC[C@@H]21. The molecule has 4 heterocycles. The first kappa shape index (κ1) is 37.1. The van der Waals surface area contributed by atoms with Crippen LogP contribution in [0.4, 0.5) is 4.79 Å². The third-order valence-electron chi connectivity index (χ3n) is 14.5. The van der Waals surface area contributed by atoms with Gasteiger partial charge < -0.3 is 20.0 Å². The van der Waals surface area contributed by atoms with Crippen LogP contribution in [0.25, 0.3) is 44.3 Å². The molecule has 6 aliphatic carbocycles. The van der Waals surface area contributed by atoms with Gasteiger partial charge in [-0.05, 0) is 166 Å². The second-order valence-electron chi connectivity index (χ2n) is 19.5. The summed E-state index contributed by atoms with van der Waals surface area (Å²) < 4.78 is 5.98. The summed E-state index contributed by atoms with van der Waals surface area (Å²) in [6.45, 7) is 5.86. The third kappa shape index (κ3) is 7.05. The van der Waals surface area contributed by atoms with Crippen LogP contribution in [-0.4, -0.2) is 48.6 Å². The van der Waals surface area contributed by atoms with Gasteiger partial charge in [0.1, 0.15) is 17.2 Å². The Bertz CT molecular complexity index is 2550. The molecule has 6 atom stereocenters. The van der Waals surface area contributed by atoms with Gasteiger partial charge in [-0.25, -0.2) is 14.8 Å². The van der Waals surface area contributed by atoms with Crippen LogP contribution in [0.3, 0.4) is 0 Å². The molecule has 2 aromatic heterocycles. The Morgan fingerprint density at radius 3 is 1.90 bits per heavy atom. The summed E-state index contributed by atoms with van der Waals surface area (Å²) in [5.41, 5.74) is 14.2. The van der Waals surface area contributed by atoms with Gasteiger partial charge in [-0.1, -0.05) is 74.2 Å². The summed E-state index contributed by atoms with van der Waals surface area (Å²) >= 11 is 0. The molecule has 4 bridgehead atoms. The predicted molar refractivity (Wildman–Crippen MR) is 235 cm³/mol. The van der Waals surface area contributed by atoms with Crippen LogP contribution in [0.15, 0.2) is 72.8 Å². The fraction of sp³-hybridized carbons (Fsp3) is 0.471. The van der Waals surface area contributed by atoms with Crippen molar-refractivity contribution < 1.29 is 9.53 Å². The first-order valence-corrected chi connectivity index (χ1v) is 22.7. The molecule has 8 nitrogen and oxygen atoms in total. The molecule has 4 aromatic carbocycles. The van der Waals surface area contributed by atoms with E-state index in [2.05, 4.69) is 88.1 Å². The van der Waals surface area contributed by atoms with Gasteiger partial charge in [0.25, 0.3) is 0 Å². The Labute approximate surface area is 348 Å². The van der Waals surface area contributed by atoms with Gasteiger partial charge in [-0.15, -0.1) is 0 Å². The van der Waals surface area contributed by atoms with E-state index in [1.54, 1.807) is 0 Å².